The molecule has 2 aromatic carbocycles. The molecule has 4 N–H and O–H groups in total. The lowest BCUT2D eigenvalue weighted by Crippen LogP contribution is -2.13. The summed E-state index contributed by atoms with van der Waals surface area (Å²) in [6, 6.07) is 9.02. The number of aromatic carboxylic acids is 1. The van der Waals surface area contributed by atoms with E-state index in [9.17, 15) is 9.59 Å². The van der Waals surface area contributed by atoms with E-state index in [1.807, 2.05) is 0 Å². The minimum absolute atomic E-state index is 0.0587. The van der Waals surface area contributed by atoms with E-state index in [0.29, 0.717) is 26.4 Å². The number of hydrogen-bond acceptors (Lipinski definition) is 3. The fourth-order valence-corrected chi connectivity index (χ4v) is 2.19. The smallest absolute Gasteiger partial charge is 0.336 e. The van der Waals surface area contributed by atoms with Crippen molar-refractivity contribution in [1.29, 1.82) is 0 Å². The van der Waals surface area contributed by atoms with Gasteiger partial charge in [-0.3, -0.25) is 4.79 Å². The molecular formula is C14H10BrClN2O3. The average molecular weight is 370 g/mol. The molecule has 0 heterocycles. The van der Waals surface area contributed by atoms with Gasteiger partial charge in [-0.2, -0.15) is 0 Å². The van der Waals surface area contributed by atoms with Crippen LogP contribution in [0.25, 0.3) is 0 Å². The van der Waals surface area contributed by atoms with Gasteiger partial charge in [-0.05, 0) is 52.3 Å². The number of carboxylic acid groups (broad SMARTS) is 1. The second-order valence-electron chi connectivity index (χ2n) is 4.19. The summed E-state index contributed by atoms with van der Waals surface area (Å²) in [5.41, 5.74) is 6.70. The molecule has 0 aliphatic rings. The molecule has 5 nitrogen and oxygen atoms in total. The van der Waals surface area contributed by atoms with E-state index in [2.05, 4.69) is 21.2 Å². The molecule has 0 saturated carbocycles. The van der Waals surface area contributed by atoms with Gasteiger partial charge in [0.1, 0.15) is 0 Å². The topological polar surface area (TPSA) is 92.4 Å². The standard InChI is InChI=1S/C14H10BrClN2O3/c15-10-3-2-8(6-9(10)14(20)21)18-13(19)7-1-4-11(16)12(17)5-7/h1-6H,17H2,(H,18,19)(H,20,21). The highest BCUT2D eigenvalue weighted by atomic mass is 79.9. The van der Waals surface area contributed by atoms with E-state index in [0.717, 1.165) is 0 Å². The van der Waals surface area contributed by atoms with Crippen molar-refractivity contribution in [1.82, 2.24) is 0 Å². The number of carbonyl (C=O) groups excluding carboxylic acids is 1. The number of halogens is 2. The molecule has 2 aromatic rings. The summed E-state index contributed by atoms with van der Waals surface area (Å²) in [7, 11) is 0. The summed E-state index contributed by atoms with van der Waals surface area (Å²) in [6.07, 6.45) is 0. The molecular weight excluding hydrogens is 360 g/mol. The highest BCUT2D eigenvalue weighted by Gasteiger charge is 2.12. The molecule has 0 atom stereocenters. The van der Waals surface area contributed by atoms with Crippen LogP contribution < -0.4 is 11.1 Å². The molecule has 0 radical (unpaired) electrons. The van der Waals surface area contributed by atoms with Gasteiger partial charge >= 0.3 is 5.97 Å². The number of nitrogens with one attached hydrogen (secondary N) is 1. The Morgan fingerprint density at radius 2 is 1.90 bits per heavy atom. The number of hydrogen-bond donors (Lipinski definition) is 3. The van der Waals surface area contributed by atoms with Gasteiger partial charge in [0.15, 0.2) is 0 Å². The zero-order valence-corrected chi connectivity index (χ0v) is 12.9. The predicted octanol–water partition coefficient (Wildman–Crippen LogP) is 3.64. The van der Waals surface area contributed by atoms with E-state index in [1.165, 1.54) is 24.3 Å². The first-order valence-corrected chi connectivity index (χ1v) is 6.95. The predicted molar refractivity (Wildman–Crippen MR) is 84.9 cm³/mol. The van der Waals surface area contributed by atoms with Crippen LogP contribution in [0.3, 0.4) is 0 Å². The average Bonchev–Trinajstić information content (AvgIpc) is 2.43. The van der Waals surface area contributed by atoms with Crippen molar-refractivity contribution in [3.8, 4) is 0 Å². The molecule has 0 fully saturated rings. The fraction of sp³-hybridized carbons (Fsp3) is 0. The lowest BCUT2D eigenvalue weighted by Gasteiger charge is -2.08. The fourth-order valence-electron chi connectivity index (χ4n) is 1.66. The van der Waals surface area contributed by atoms with Crippen LogP contribution in [0.5, 0.6) is 0 Å². The lowest BCUT2D eigenvalue weighted by atomic mass is 10.1. The molecule has 0 aromatic heterocycles. The maximum Gasteiger partial charge on any atom is 0.336 e. The summed E-state index contributed by atoms with van der Waals surface area (Å²) < 4.78 is 0.434. The summed E-state index contributed by atoms with van der Waals surface area (Å²) in [6.45, 7) is 0. The number of anilines is 2. The highest BCUT2D eigenvalue weighted by molar-refractivity contribution is 9.10. The molecule has 0 aliphatic heterocycles. The Hall–Kier alpha value is -2.05. The van der Waals surface area contributed by atoms with Gasteiger partial charge in [0.25, 0.3) is 5.91 Å². The zero-order valence-electron chi connectivity index (χ0n) is 10.6. The normalized spacial score (nSPS) is 10.2. The van der Waals surface area contributed by atoms with Crippen LogP contribution in [0.4, 0.5) is 11.4 Å². The number of benzene rings is 2. The van der Waals surface area contributed by atoms with Crippen LogP contribution in [-0.2, 0) is 0 Å². The van der Waals surface area contributed by atoms with Gasteiger partial charge in [-0.25, -0.2) is 4.79 Å². The van der Waals surface area contributed by atoms with Gasteiger partial charge < -0.3 is 16.2 Å². The Kier molecular flexibility index (Phi) is 4.50. The molecule has 21 heavy (non-hydrogen) atoms. The largest absolute Gasteiger partial charge is 0.478 e. The van der Waals surface area contributed by atoms with Crippen molar-refractivity contribution in [2.45, 2.75) is 0 Å². The molecule has 0 saturated heterocycles. The van der Waals surface area contributed by atoms with Crippen LogP contribution in [0, 0.1) is 0 Å². The van der Waals surface area contributed by atoms with E-state index in [4.69, 9.17) is 22.4 Å². The van der Waals surface area contributed by atoms with Crippen LogP contribution in [-0.4, -0.2) is 17.0 Å². The Balaban J connectivity index is 2.25. The number of carbonyl (C=O) groups is 2. The second-order valence-corrected chi connectivity index (χ2v) is 5.45. The molecule has 2 rings (SSSR count). The number of rotatable bonds is 3. The maximum absolute atomic E-state index is 12.1. The number of carboxylic acids is 1. The van der Waals surface area contributed by atoms with E-state index in [-0.39, 0.29) is 5.56 Å². The van der Waals surface area contributed by atoms with Crippen LogP contribution in [0.1, 0.15) is 20.7 Å². The molecule has 0 bridgehead atoms. The van der Waals surface area contributed by atoms with Crippen molar-refractivity contribution < 1.29 is 14.7 Å². The van der Waals surface area contributed by atoms with E-state index < -0.39 is 11.9 Å². The second kappa shape index (κ2) is 6.15. The summed E-state index contributed by atoms with van der Waals surface area (Å²) >= 11 is 8.93. The Bertz CT molecular complexity index is 734. The molecule has 108 valence electrons. The number of amides is 1. The molecule has 7 heteroatoms. The van der Waals surface area contributed by atoms with Crippen molar-refractivity contribution in [2.24, 2.45) is 0 Å². The van der Waals surface area contributed by atoms with Gasteiger partial charge in [0, 0.05) is 15.7 Å². The summed E-state index contributed by atoms with van der Waals surface area (Å²) in [5.74, 6) is -1.49. The van der Waals surface area contributed by atoms with Crippen LogP contribution in [0.15, 0.2) is 40.9 Å². The van der Waals surface area contributed by atoms with Crippen molar-refractivity contribution in [3.63, 3.8) is 0 Å². The van der Waals surface area contributed by atoms with Crippen LogP contribution in [0.2, 0.25) is 5.02 Å². The van der Waals surface area contributed by atoms with Gasteiger partial charge in [-0.15, -0.1) is 0 Å². The molecule has 0 spiro atoms. The van der Waals surface area contributed by atoms with Crippen molar-refractivity contribution >= 4 is 50.8 Å². The number of nitrogens with two attached hydrogens (primary N) is 1. The first-order chi connectivity index (χ1) is 9.88. The molecule has 1 amide bonds. The summed E-state index contributed by atoms with van der Waals surface area (Å²) in [4.78, 5) is 23.1. The first-order valence-electron chi connectivity index (χ1n) is 5.77. The van der Waals surface area contributed by atoms with E-state index >= 15 is 0 Å². The monoisotopic (exact) mass is 368 g/mol. The van der Waals surface area contributed by atoms with Gasteiger partial charge in [-0.1, -0.05) is 11.6 Å². The molecule has 0 unspecified atom stereocenters. The minimum Gasteiger partial charge on any atom is -0.478 e. The third kappa shape index (κ3) is 3.53. The number of nitrogen functional groups attached to an aromatic ring is 1. The Morgan fingerprint density at radius 3 is 2.52 bits per heavy atom. The maximum atomic E-state index is 12.1. The van der Waals surface area contributed by atoms with Crippen LogP contribution >= 0.6 is 27.5 Å². The minimum atomic E-state index is -1.09. The summed E-state index contributed by atoms with van der Waals surface area (Å²) in [5, 5.41) is 12.0. The third-order valence-electron chi connectivity index (χ3n) is 2.71. The molecule has 0 aliphatic carbocycles. The van der Waals surface area contributed by atoms with Crippen molar-refractivity contribution in [2.75, 3.05) is 11.1 Å². The Morgan fingerprint density at radius 1 is 1.19 bits per heavy atom. The Labute approximate surface area is 133 Å². The SMILES string of the molecule is Nc1cc(C(=O)Nc2ccc(Br)c(C(=O)O)c2)ccc1Cl. The van der Waals surface area contributed by atoms with Gasteiger partial charge in [0.05, 0.1) is 16.3 Å². The zero-order chi connectivity index (χ0) is 15.6. The quantitative estimate of drug-likeness (QED) is 0.720. The third-order valence-corrected chi connectivity index (χ3v) is 3.75. The van der Waals surface area contributed by atoms with Crippen molar-refractivity contribution in [3.05, 3.63) is 57.0 Å². The lowest BCUT2D eigenvalue weighted by molar-refractivity contribution is 0.0695. The first kappa shape index (κ1) is 15.3. The van der Waals surface area contributed by atoms with Gasteiger partial charge in [0.2, 0.25) is 0 Å². The highest BCUT2D eigenvalue weighted by Crippen LogP contribution is 2.23. The van der Waals surface area contributed by atoms with E-state index in [1.54, 1.807) is 12.1 Å².